The van der Waals surface area contributed by atoms with E-state index in [1.165, 1.54) is 0 Å². The van der Waals surface area contributed by atoms with Crippen molar-refractivity contribution in [2.45, 2.75) is 59.5 Å². The number of benzene rings is 2. The van der Waals surface area contributed by atoms with Gasteiger partial charge in [0.25, 0.3) is 5.91 Å². The summed E-state index contributed by atoms with van der Waals surface area (Å²) in [6.07, 6.45) is 2.12. The van der Waals surface area contributed by atoms with Crippen LogP contribution in [0.15, 0.2) is 42.5 Å². The summed E-state index contributed by atoms with van der Waals surface area (Å²) >= 11 is 0. The zero-order valence-electron chi connectivity index (χ0n) is 19.6. The van der Waals surface area contributed by atoms with Crippen LogP contribution >= 0.6 is 0 Å². The molecule has 2 amide bonds. The minimum Gasteiger partial charge on any atom is -0.350 e. The van der Waals surface area contributed by atoms with Gasteiger partial charge in [-0.15, -0.1) is 0 Å². The van der Waals surface area contributed by atoms with E-state index < -0.39 is 22.0 Å². The van der Waals surface area contributed by atoms with E-state index in [0.717, 1.165) is 28.1 Å². The number of hydrogen-bond donors (Lipinski definition) is 2. The molecule has 0 aliphatic heterocycles. The van der Waals surface area contributed by atoms with Crippen molar-refractivity contribution >= 4 is 33.2 Å². The number of aryl methyl sites for hydroxylation is 2. The highest BCUT2D eigenvalue weighted by Gasteiger charge is 2.32. The highest BCUT2D eigenvalue weighted by Crippen LogP contribution is 2.26. The van der Waals surface area contributed by atoms with E-state index in [-0.39, 0.29) is 18.4 Å². The lowest BCUT2D eigenvalue weighted by molar-refractivity contribution is -0.117. The Bertz CT molecular complexity index is 1080. The van der Waals surface area contributed by atoms with E-state index in [9.17, 15) is 18.0 Å². The Morgan fingerprint density at radius 3 is 2.22 bits per heavy atom. The predicted molar refractivity (Wildman–Crippen MR) is 130 cm³/mol. The van der Waals surface area contributed by atoms with Crippen molar-refractivity contribution in [3.05, 3.63) is 59.2 Å². The molecule has 0 spiro atoms. The van der Waals surface area contributed by atoms with Gasteiger partial charge >= 0.3 is 0 Å². The Morgan fingerprint density at radius 2 is 1.66 bits per heavy atom. The number of carbonyl (C=O) groups excluding carboxylic acids is 2. The SMILES string of the molecule is CC[C@@H](C)NC(=O)c1ccccc1NC(=O)[C@H](CC)N(c1ccc(C)c(C)c1)S(C)(=O)=O. The van der Waals surface area contributed by atoms with Crippen LogP contribution in [-0.4, -0.2) is 38.6 Å². The fourth-order valence-corrected chi connectivity index (χ4v) is 4.54. The first-order chi connectivity index (χ1) is 15.0. The average Bonchev–Trinajstić information content (AvgIpc) is 2.73. The van der Waals surface area contributed by atoms with Gasteiger partial charge in [0.15, 0.2) is 0 Å². The first-order valence-corrected chi connectivity index (χ1v) is 12.6. The van der Waals surface area contributed by atoms with Crippen LogP contribution < -0.4 is 14.9 Å². The fraction of sp³-hybridized carbons (Fsp3) is 0.417. The van der Waals surface area contributed by atoms with Gasteiger partial charge < -0.3 is 10.6 Å². The summed E-state index contributed by atoms with van der Waals surface area (Å²) in [5.41, 5.74) is 3.05. The number of rotatable bonds is 9. The number of nitrogens with zero attached hydrogens (tertiary/aromatic N) is 1. The van der Waals surface area contributed by atoms with Crippen LogP contribution in [0.5, 0.6) is 0 Å². The molecule has 0 bridgehead atoms. The van der Waals surface area contributed by atoms with Crippen molar-refractivity contribution in [1.82, 2.24) is 5.32 Å². The van der Waals surface area contributed by atoms with Gasteiger partial charge in [0.1, 0.15) is 6.04 Å². The molecule has 0 unspecified atom stereocenters. The van der Waals surface area contributed by atoms with E-state index >= 15 is 0 Å². The average molecular weight is 460 g/mol. The van der Waals surface area contributed by atoms with Crippen LogP contribution in [0.1, 0.15) is 55.1 Å². The molecule has 0 aliphatic carbocycles. The van der Waals surface area contributed by atoms with Gasteiger partial charge in [0.05, 0.1) is 23.2 Å². The largest absolute Gasteiger partial charge is 0.350 e. The van der Waals surface area contributed by atoms with Gasteiger partial charge in [-0.05, 0) is 69.0 Å². The number of nitrogens with one attached hydrogen (secondary N) is 2. The molecule has 7 nitrogen and oxygen atoms in total. The van der Waals surface area contributed by atoms with E-state index in [1.807, 2.05) is 33.8 Å². The van der Waals surface area contributed by atoms with Crippen molar-refractivity contribution in [1.29, 1.82) is 0 Å². The Morgan fingerprint density at radius 1 is 1.00 bits per heavy atom. The molecule has 0 fully saturated rings. The Labute approximate surface area is 191 Å². The molecule has 2 N–H and O–H groups in total. The molecule has 2 aromatic rings. The molecule has 174 valence electrons. The third-order valence-electron chi connectivity index (χ3n) is 5.49. The lowest BCUT2D eigenvalue weighted by Gasteiger charge is -2.30. The normalized spacial score (nSPS) is 13.2. The molecule has 0 saturated carbocycles. The van der Waals surface area contributed by atoms with Gasteiger partial charge in [0, 0.05) is 6.04 Å². The highest BCUT2D eigenvalue weighted by atomic mass is 32.2. The second kappa shape index (κ2) is 10.6. The zero-order valence-corrected chi connectivity index (χ0v) is 20.4. The molecule has 0 aliphatic rings. The molecule has 0 saturated heterocycles. The summed E-state index contributed by atoms with van der Waals surface area (Å²) in [5.74, 6) is -0.794. The number of amides is 2. The second-order valence-electron chi connectivity index (χ2n) is 8.07. The van der Waals surface area contributed by atoms with E-state index in [1.54, 1.807) is 43.3 Å². The van der Waals surface area contributed by atoms with Crippen molar-refractivity contribution in [2.75, 3.05) is 15.9 Å². The Hall–Kier alpha value is -2.87. The van der Waals surface area contributed by atoms with Crippen LogP contribution in [0.3, 0.4) is 0 Å². The summed E-state index contributed by atoms with van der Waals surface area (Å²) in [5, 5.41) is 5.67. The van der Waals surface area contributed by atoms with E-state index in [0.29, 0.717) is 16.9 Å². The molecule has 2 rings (SSSR count). The van der Waals surface area contributed by atoms with Gasteiger partial charge in [0.2, 0.25) is 15.9 Å². The Kier molecular flexibility index (Phi) is 8.44. The maximum Gasteiger partial charge on any atom is 0.253 e. The monoisotopic (exact) mass is 459 g/mol. The smallest absolute Gasteiger partial charge is 0.253 e. The molecule has 0 heterocycles. The quantitative estimate of drug-likeness (QED) is 0.592. The van der Waals surface area contributed by atoms with E-state index in [2.05, 4.69) is 10.6 Å². The molecule has 32 heavy (non-hydrogen) atoms. The minimum absolute atomic E-state index is 0.0137. The molecule has 8 heteroatoms. The molecule has 2 atom stereocenters. The van der Waals surface area contributed by atoms with Crippen molar-refractivity contribution in [2.24, 2.45) is 0 Å². The minimum atomic E-state index is -3.75. The first-order valence-electron chi connectivity index (χ1n) is 10.8. The van der Waals surface area contributed by atoms with Crippen LogP contribution in [0.25, 0.3) is 0 Å². The molecular weight excluding hydrogens is 426 g/mol. The second-order valence-corrected chi connectivity index (χ2v) is 9.93. The third kappa shape index (κ3) is 6.09. The zero-order chi connectivity index (χ0) is 24.1. The van der Waals surface area contributed by atoms with Crippen LogP contribution in [0.4, 0.5) is 11.4 Å². The van der Waals surface area contributed by atoms with Crippen molar-refractivity contribution < 1.29 is 18.0 Å². The summed E-state index contributed by atoms with van der Waals surface area (Å²) < 4.78 is 26.5. The van der Waals surface area contributed by atoms with Gasteiger partial charge in [-0.25, -0.2) is 8.42 Å². The third-order valence-corrected chi connectivity index (χ3v) is 6.67. The Balaban J connectivity index is 2.40. The first kappa shape index (κ1) is 25.4. The molecule has 2 aromatic carbocycles. The van der Waals surface area contributed by atoms with Crippen molar-refractivity contribution in [3.63, 3.8) is 0 Å². The fourth-order valence-electron chi connectivity index (χ4n) is 3.33. The topological polar surface area (TPSA) is 95.6 Å². The number of hydrogen-bond acceptors (Lipinski definition) is 4. The maximum absolute atomic E-state index is 13.3. The van der Waals surface area contributed by atoms with Gasteiger partial charge in [-0.2, -0.15) is 0 Å². The molecular formula is C24H33N3O4S. The van der Waals surface area contributed by atoms with Crippen LogP contribution in [0, 0.1) is 13.8 Å². The number of sulfonamides is 1. The standard InChI is InChI=1S/C24H33N3O4S/c1-7-18(5)25-23(28)20-11-9-10-12-21(20)26-24(29)22(8-2)27(32(6,30)31)19-14-13-16(3)17(4)15-19/h9-15,18,22H,7-8H2,1-6H3,(H,25,28)(H,26,29)/t18-,22+/m1/s1. The summed E-state index contributed by atoms with van der Waals surface area (Å²) in [7, 11) is -3.75. The number of anilines is 2. The maximum atomic E-state index is 13.3. The summed E-state index contributed by atoms with van der Waals surface area (Å²) in [6, 6.07) is 11.0. The highest BCUT2D eigenvalue weighted by molar-refractivity contribution is 7.92. The predicted octanol–water partition coefficient (Wildman–Crippen LogP) is 4.02. The van der Waals surface area contributed by atoms with Crippen molar-refractivity contribution in [3.8, 4) is 0 Å². The number of carbonyl (C=O) groups is 2. The lowest BCUT2D eigenvalue weighted by atomic mass is 10.1. The van der Waals surface area contributed by atoms with Gasteiger partial charge in [-0.1, -0.05) is 32.0 Å². The summed E-state index contributed by atoms with van der Waals surface area (Å²) in [4.78, 5) is 25.9. The van der Waals surface area contributed by atoms with Gasteiger partial charge in [-0.3, -0.25) is 13.9 Å². The number of para-hydroxylation sites is 1. The molecule has 0 radical (unpaired) electrons. The van der Waals surface area contributed by atoms with Crippen LogP contribution in [0.2, 0.25) is 0 Å². The van der Waals surface area contributed by atoms with E-state index in [4.69, 9.17) is 0 Å². The molecule has 0 aromatic heterocycles. The lowest BCUT2D eigenvalue weighted by Crippen LogP contribution is -2.47. The van der Waals surface area contributed by atoms with Crippen LogP contribution in [-0.2, 0) is 14.8 Å². The summed E-state index contributed by atoms with van der Waals surface area (Å²) in [6.45, 7) is 9.46.